The number of benzene rings is 3. The van der Waals surface area contributed by atoms with Crippen LogP contribution in [0.4, 0.5) is 0 Å². The molecule has 1 N–H and O–H groups in total. The molecule has 54 heavy (non-hydrogen) atoms. The van der Waals surface area contributed by atoms with E-state index in [0.717, 1.165) is 75.1 Å². The van der Waals surface area contributed by atoms with Gasteiger partial charge in [-0.3, -0.25) is 9.98 Å². The lowest BCUT2D eigenvalue weighted by Crippen LogP contribution is -2.33. The van der Waals surface area contributed by atoms with Gasteiger partial charge in [0, 0.05) is 24.6 Å². The van der Waals surface area contributed by atoms with Crippen molar-refractivity contribution in [2.24, 2.45) is 9.98 Å². The molecule has 0 fully saturated rings. The van der Waals surface area contributed by atoms with E-state index >= 15 is 0 Å². The second-order valence-corrected chi connectivity index (χ2v) is 14.0. The summed E-state index contributed by atoms with van der Waals surface area (Å²) in [6.45, 7) is 9.37. The van der Waals surface area contributed by atoms with Crippen LogP contribution in [0.15, 0.2) is 149 Å². The lowest BCUT2D eigenvalue weighted by molar-refractivity contribution is 0.631. The van der Waals surface area contributed by atoms with Crippen molar-refractivity contribution < 1.29 is 0 Å². The zero-order valence-corrected chi connectivity index (χ0v) is 32.8. The normalized spacial score (nSPS) is 18.5. The topological polar surface area (TPSA) is 36.8 Å². The van der Waals surface area contributed by atoms with Crippen molar-refractivity contribution in [1.29, 1.82) is 0 Å². The van der Waals surface area contributed by atoms with Crippen molar-refractivity contribution in [2.45, 2.75) is 91.5 Å². The van der Waals surface area contributed by atoms with Crippen molar-refractivity contribution in [3.63, 3.8) is 0 Å². The van der Waals surface area contributed by atoms with Crippen LogP contribution in [-0.4, -0.2) is 24.3 Å². The van der Waals surface area contributed by atoms with Crippen molar-refractivity contribution in [2.75, 3.05) is 6.54 Å². The number of rotatable bonds is 9. The molecule has 1 atom stereocenters. The van der Waals surface area contributed by atoms with Crippen LogP contribution in [0.3, 0.4) is 0 Å². The largest absolute Gasteiger partial charge is 0.328 e. The molecule has 0 aromatic heterocycles. The molecule has 2 aliphatic carbocycles. The highest BCUT2D eigenvalue weighted by atomic mass is 15.1. The molecule has 276 valence electrons. The maximum absolute atomic E-state index is 5.43. The summed E-state index contributed by atoms with van der Waals surface area (Å²) in [6.07, 6.45) is 41.8. The van der Waals surface area contributed by atoms with Gasteiger partial charge in [0.05, 0.1) is 0 Å². The molecule has 0 radical (unpaired) electrons. The molecule has 0 bridgehead atoms. The second-order valence-electron chi connectivity index (χ2n) is 14.0. The van der Waals surface area contributed by atoms with Gasteiger partial charge in [-0.1, -0.05) is 134 Å². The third-order valence-electron chi connectivity index (χ3n) is 10.1. The fraction of sp³-hybridized carbons (Fsp3) is 0.294. The van der Waals surface area contributed by atoms with Crippen LogP contribution >= 0.6 is 0 Å². The maximum Gasteiger partial charge on any atom is 0.134 e. The monoisotopic (exact) mass is 711 g/mol. The molecule has 3 aromatic rings. The van der Waals surface area contributed by atoms with Gasteiger partial charge >= 0.3 is 0 Å². The predicted molar refractivity (Wildman–Crippen MR) is 236 cm³/mol. The number of fused-ring (bicyclic) bond motifs is 3. The Morgan fingerprint density at radius 3 is 2.31 bits per heavy atom. The first-order valence-electron chi connectivity index (χ1n) is 19.8. The highest BCUT2D eigenvalue weighted by molar-refractivity contribution is 6.14. The van der Waals surface area contributed by atoms with Crippen LogP contribution in [0.25, 0.3) is 27.8 Å². The Bertz CT molecular complexity index is 2040. The van der Waals surface area contributed by atoms with Crippen LogP contribution in [0.5, 0.6) is 0 Å². The Morgan fingerprint density at radius 2 is 1.56 bits per heavy atom. The van der Waals surface area contributed by atoms with Crippen LogP contribution in [-0.2, 0) is 6.42 Å². The van der Waals surface area contributed by atoms with Gasteiger partial charge in [-0.25, -0.2) is 0 Å². The van der Waals surface area contributed by atoms with Crippen LogP contribution < -0.4 is 5.32 Å². The average Bonchev–Trinajstić information content (AvgIpc) is 3.60. The minimum atomic E-state index is 0.181. The van der Waals surface area contributed by atoms with Gasteiger partial charge in [0.1, 0.15) is 11.7 Å². The predicted octanol–water partition coefficient (Wildman–Crippen LogP) is 13.0. The van der Waals surface area contributed by atoms with E-state index in [2.05, 4.69) is 173 Å². The van der Waals surface area contributed by atoms with Crippen molar-refractivity contribution in [3.05, 3.63) is 161 Å². The molecule has 1 aliphatic heterocycles. The summed E-state index contributed by atoms with van der Waals surface area (Å²) in [5.41, 5.74) is 14.1. The lowest BCUT2D eigenvalue weighted by atomic mass is 9.93. The van der Waals surface area contributed by atoms with E-state index in [1.807, 2.05) is 0 Å². The first kappa shape index (κ1) is 39.7. The van der Waals surface area contributed by atoms with Gasteiger partial charge in [-0.05, 0) is 128 Å². The molecule has 0 spiro atoms. The van der Waals surface area contributed by atoms with Crippen molar-refractivity contribution >= 4 is 17.2 Å². The van der Waals surface area contributed by atoms with E-state index in [-0.39, 0.29) is 6.04 Å². The Labute approximate surface area is 325 Å². The molecule has 0 saturated carbocycles. The fourth-order valence-corrected chi connectivity index (χ4v) is 7.54. The molecule has 3 nitrogen and oxygen atoms in total. The minimum Gasteiger partial charge on any atom is -0.328 e. The van der Waals surface area contributed by atoms with Crippen molar-refractivity contribution in [3.8, 4) is 35.1 Å². The molecular weight excluding hydrogens is 655 g/mol. The van der Waals surface area contributed by atoms with E-state index in [4.69, 9.17) is 9.98 Å². The molecule has 3 aliphatic rings. The Balaban J connectivity index is 0.00000276. The SMILES string of the molecule is C#C.C/C=C\C(=C/CC1=NCC/C=C\CCCC(C)N=C(c2cccc3c2-c2cccc(-c4ccc(C(/C=C\C)=C/CC)cc4)c2C3)N1)C1=CCCC=C1. The summed E-state index contributed by atoms with van der Waals surface area (Å²) >= 11 is 0. The standard InChI is InChI=1S/C49H55N3.C2H2/c1-5-18-37(19-6-2)40-28-30-41(31-29-40)43-25-17-26-44-46(43)35-42-24-16-27-45(48(42)44)49-51-36(4)21-12-9-8-10-15-34-50-47(52-49)33-32-38(20-7-3)39-22-13-11-14-23-39;1-2/h5,7-8,10,13,16-20,22-32,36H,6,9,11-12,14-15,21,33-35H2,1-4H3,(H,50,51,52);1-2H/b10-8-,18-5-,20-7-,37-19+,38-32+;. The number of nitrogens with one attached hydrogen (secondary N) is 1. The van der Waals surface area contributed by atoms with Gasteiger partial charge in [-0.2, -0.15) is 0 Å². The Kier molecular flexibility index (Phi) is 15.2. The number of amidine groups is 2. The molecule has 0 saturated heterocycles. The summed E-state index contributed by atoms with van der Waals surface area (Å²) in [6, 6.07) is 22.9. The third-order valence-corrected chi connectivity index (χ3v) is 10.1. The fourth-order valence-electron chi connectivity index (χ4n) is 7.54. The smallest absolute Gasteiger partial charge is 0.134 e. The van der Waals surface area contributed by atoms with Crippen molar-refractivity contribution in [1.82, 2.24) is 5.32 Å². The van der Waals surface area contributed by atoms with E-state index in [1.165, 1.54) is 55.7 Å². The van der Waals surface area contributed by atoms with Crippen LogP contribution in [0.1, 0.15) is 101 Å². The molecule has 6 rings (SSSR count). The van der Waals surface area contributed by atoms with Gasteiger partial charge in [0.2, 0.25) is 0 Å². The van der Waals surface area contributed by atoms with Gasteiger partial charge < -0.3 is 5.32 Å². The summed E-state index contributed by atoms with van der Waals surface area (Å²) in [5.74, 6) is 1.88. The first-order chi connectivity index (χ1) is 26.6. The minimum absolute atomic E-state index is 0.181. The third kappa shape index (κ3) is 10.1. The second kappa shape index (κ2) is 20.7. The quantitative estimate of drug-likeness (QED) is 0.105. The van der Waals surface area contributed by atoms with E-state index in [1.54, 1.807) is 0 Å². The Hall–Kier alpha value is -5.46. The molecule has 1 unspecified atom stereocenters. The average molecular weight is 712 g/mol. The lowest BCUT2D eigenvalue weighted by Gasteiger charge is -2.18. The van der Waals surface area contributed by atoms with E-state index in [0.29, 0.717) is 6.42 Å². The molecular formula is C51H57N3. The zero-order chi connectivity index (χ0) is 38.1. The first-order valence-corrected chi connectivity index (χ1v) is 19.8. The number of terminal acetylenes is 1. The van der Waals surface area contributed by atoms with Gasteiger partial charge in [0.25, 0.3) is 0 Å². The maximum atomic E-state index is 5.43. The Morgan fingerprint density at radius 1 is 0.815 bits per heavy atom. The van der Waals surface area contributed by atoms with E-state index < -0.39 is 0 Å². The van der Waals surface area contributed by atoms with Crippen LogP contribution in [0, 0.1) is 12.8 Å². The number of nitrogens with zero attached hydrogens (tertiary/aromatic N) is 2. The molecule has 1 heterocycles. The summed E-state index contributed by atoms with van der Waals surface area (Å²) in [7, 11) is 0. The number of hydrogen-bond donors (Lipinski definition) is 1. The summed E-state index contributed by atoms with van der Waals surface area (Å²) < 4.78 is 0. The highest BCUT2D eigenvalue weighted by Gasteiger charge is 2.26. The van der Waals surface area contributed by atoms with E-state index in [9.17, 15) is 0 Å². The van der Waals surface area contributed by atoms with Crippen LogP contribution in [0.2, 0.25) is 0 Å². The zero-order valence-electron chi connectivity index (χ0n) is 32.8. The molecule has 0 amide bonds. The molecule has 3 heteroatoms. The molecule has 3 aromatic carbocycles. The van der Waals surface area contributed by atoms with Gasteiger partial charge in [0.15, 0.2) is 0 Å². The summed E-state index contributed by atoms with van der Waals surface area (Å²) in [4.78, 5) is 10.6. The highest BCUT2D eigenvalue weighted by Crippen LogP contribution is 2.43. The number of aliphatic imine (C=N–C) groups is 2. The number of hydrogen-bond acceptors (Lipinski definition) is 3. The van der Waals surface area contributed by atoms with Gasteiger partial charge in [-0.15, -0.1) is 12.8 Å². The summed E-state index contributed by atoms with van der Waals surface area (Å²) in [5, 5.41) is 3.84. The number of allylic oxidation sites excluding steroid dienone is 12.